The smallest absolute Gasteiger partial charge is 0.258 e. The standard InChI is InChI=1S/C27H35N5O.C3H8/c1-5-6-14-28-20(3)29-17-26-19(2)32(23-10-8-7-9-11-23)27(33)25-15-21(12-13-24(25)26)22-16-30-31(4)18-22;1-3-2/h12-13,15-18,23,28H,3,5-11,14H2,1-2,4H3;3H2,1-2H3/b29-17-;. The maximum atomic E-state index is 13.8. The summed E-state index contributed by atoms with van der Waals surface area (Å²) in [5.41, 5.74) is 4.08. The van der Waals surface area contributed by atoms with Crippen LogP contribution in [0.2, 0.25) is 0 Å². The predicted octanol–water partition coefficient (Wildman–Crippen LogP) is 6.91. The van der Waals surface area contributed by atoms with E-state index in [-0.39, 0.29) is 11.6 Å². The maximum Gasteiger partial charge on any atom is 0.258 e. The van der Waals surface area contributed by atoms with E-state index in [1.807, 2.05) is 42.4 Å². The van der Waals surface area contributed by atoms with Crippen molar-refractivity contribution in [2.45, 2.75) is 85.1 Å². The van der Waals surface area contributed by atoms with Crippen LogP contribution < -0.4 is 10.9 Å². The molecule has 0 atom stereocenters. The summed E-state index contributed by atoms with van der Waals surface area (Å²) in [6.07, 6.45) is 14.8. The molecule has 194 valence electrons. The first-order valence-corrected chi connectivity index (χ1v) is 13.6. The van der Waals surface area contributed by atoms with Gasteiger partial charge < -0.3 is 9.88 Å². The Morgan fingerprint density at radius 1 is 1.17 bits per heavy atom. The number of aromatic nitrogens is 3. The topological polar surface area (TPSA) is 64.2 Å². The van der Waals surface area contributed by atoms with Crippen molar-refractivity contribution in [1.29, 1.82) is 0 Å². The lowest BCUT2D eigenvalue weighted by atomic mass is 9.93. The van der Waals surface area contributed by atoms with E-state index in [1.165, 1.54) is 25.7 Å². The summed E-state index contributed by atoms with van der Waals surface area (Å²) < 4.78 is 3.81. The molecule has 0 unspecified atom stereocenters. The minimum absolute atomic E-state index is 0.0946. The maximum absolute atomic E-state index is 13.8. The van der Waals surface area contributed by atoms with Crippen molar-refractivity contribution in [1.82, 2.24) is 19.7 Å². The largest absolute Gasteiger partial charge is 0.371 e. The zero-order valence-electron chi connectivity index (χ0n) is 22.8. The lowest BCUT2D eigenvalue weighted by Gasteiger charge is -2.27. The van der Waals surface area contributed by atoms with Crippen molar-refractivity contribution in [2.75, 3.05) is 6.54 Å². The van der Waals surface area contributed by atoms with Gasteiger partial charge in [-0.15, -0.1) is 0 Å². The second kappa shape index (κ2) is 13.2. The summed E-state index contributed by atoms with van der Waals surface area (Å²) in [4.78, 5) is 18.4. The van der Waals surface area contributed by atoms with E-state index in [0.717, 1.165) is 65.4 Å². The summed E-state index contributed by atoms with van der Waals surface area (Å²) in [7, 11) is 1.90. The highest BCUT2D eigenvalue weighted by Crippen LogP contribution is 2.31. The molecule has 1 aliphatic rings. The van der Waals surface area contributed by atoms with Crippen LogP contribution in [0.5, 0.6) is 0 Å². The number of benzene rings is 1. The first-order valence-electron chi connectivity index (χ1n) is 13.6. The minimum Gasteiger partial charge on any atom is -0.371 e. The average molecular weight is 490 g/mol. The third kappa shape index (κ3) is 6.54. The van der Waals surface area contributed by atoms with Gasteiger partial charge in [-0.25, -0.2) is 4.99 Å². The third-order valence-corrected chi connectivity index (χ3v) is 6.70. The highest BCUT2D eigenvalue weighted by molar-refractivity contribution is 6.02. The van der Waals surface area contributed by atoms with Gasteiger partial charge in [-0.1, -0.05) is 71.6 Å². The molecule has 1 N–H and O–H groups in total. The first kappa shape index (κ1) is 27.4. The Morgan fingerprint density at radius 3 is 2.53 bits per heavy atom. The third-order valence-electron chi connectivity index (χ3n) is 6.70. The predicted molar refractivity (Wildman–Crippen MR) is 153 cm³/mol. The van der Waals surface area contributed by atoms with Gasteiger partial charge >= 0.3 is 0 Å². The van der Waals surface area contributed by atoms with Gasteiger partial charge in [0.05, 0.1) is 6.20 Å². The monoisotopic (exact) mass is 489 g/mol. The number of aliphatic imine (C=N–C) groups is 1. The summed E-state index contributed by atoms with van der Waals surface area (Å²) >= 11 is 0. The van der Waals surface area contributed by atoms with Crippen LogP contribution in [-0.4, -0.2) is 27.1 Å². The SMILES string of the molecule is C=C(/N=C\c1c(C)n(C2CCCCC2)c(=O)c2cc(-c3cnn(C)c3)ccc12)NCCCC.CCC. The Morgan fingerprint density at radius 2 is 1.89 bits per heavy atom. The molecular weight excluding hydrogens is 446 g/mol. The number of nitrogens with zero attached hydrogens (tertiary/aromatic N) is 4. The number of fused-ring (bicyclic) bond motifs is 1. The molecule has 1 saturated carbocycles. The van der Waals surface area contributed by atoms with Crippen molar-refractivity contribution < 1.29 is 0 Å². The van der Waals surface area contributed by atoms with Gasteiger partial charge in [0.2, 0.25) is 0 Å². The van der Waals surface area contributed by atoms with Crippen LogP contribution in [0.4, 0.5) is 0 Å². The molecule has 0 radical (unpaired) electrons. The van der Waals surface area contributed by atoms with E-state index in [0.29, 0.717) is 5.82 Å². The number of hydrogen-bond donors (Lipinski definition) is 1. The van der Waals surface area contributed by atoms with Crippen LogP contribution >= 0.6 is 0 Å². The molecule has 0 aliphatic heterocycles. The van der Waals surface area contributed by atoms with E-state index in [9.17, 15) is 4.79 Å². The minimum atomic E-state index is 0.0946. The lowest BCUT2D eigenvalue weighted by Crippen LogP contribution is -2.29. The summed E-state index contributed by atoms with van der Waals surface area (Å²) in [6.45, 7) is 13.4. The fraction of sp³-hybridized carbons (Fsp3) is 0.500. The Kier molecular flexibility index (Phi) is 10.1. The van der Waals surface area contributed by atoms with Gasteiger partial charge in [0.15, 0.2) is 0 Å². The first-order chi connectivity index (χ1) is 17.4. The van der Waals surface area contributed by atoms with E-state index >= 15 is 0 Å². The van der Waals surface area contributed by atoms with E-state index in [2.05, 4.69) is 55.7 Å². The molecule has 2 aromatic heterocycles. The molecule has 1 aliphatic carbocycles. The number of unbranched alkanes of at least 4 members (excludes halogenated alkanes) is 1. The number of hydrogen-bond acceptors (Lipinski definition) is 4. The van der Waals surface area contributed by atoms with Crippen LogP contribution in [0.1, 0.15) is 89.4 Å². The molecule has 36 heavy (non-hydrogen) atoms. The summed E-state index contributed by atoms with van der Waals surface area (Å²) in [6, 6.07) is 6.37. The van der Waals surface area contributed by atoms with Crippen LogP contribution in [0.25, 0.3) is 21.9 Å². The van der Waals surface area contributed by atoms with Crippen molar-refractivity contribution in [3.63, 3.8) is 0 Å². The van der Waals surface area contributed by atoms with Crippen LogP contribution in [0, 0.1) is 6.92 Å². The molecule has 6 heteroatoms. The number of nitrogens with one attached hydrogen (secondary N) is 1. The number of aryl methyl sites for hydroxylation is 1. The van der Waals surface area contributed by atoms with Crippen LogP contribution in [0.15, 0.2) is 52.8 Å². The van der Waals surface area contributed by atoms with Crippen LogP contribution in [0.3, 0.4) is 0 Å². The molecular formula is C30H43N5O. The highest BCUT2D eigenvalue weighted by Gasteiger charge is 2.22. The Hall–Kier alpha value is -3.15. The molecule has 0 saturated heterocycles. The second-order valence-corrected chi connectivity index (χ2v) is 9.82. The normalized spacial score (nSPS) is 14.1. The van der Waals surface area contributed by atoms with E-state index in [4.69, 9.17) is 0 Å². The molecule has 6 nitrogen and oxygen atoms in total. The number of pyridine rings is 1. The van der Waals surface area contributed by atoms with Gasteiger partial charge in [-0.2, -0.15) is 5.10 Å². The zero-order chi connectivity index (χ0) is 26.1. The summed E-state index contributed by atoms with van der Waals surface area (Å²) in [5, 5.41) is 9.23. The number of rotatable bonds is 8. The summed E-state index contributed by atoms with van der Waals surface area (Å²) in [5.74, 6) is 0.651. The Labute approximate surface area is 216 Å². The fourth-order valence-corrected chi connectivity index (χ4v) is 4.85. The van der Waals surface area contributed by atoms with Gasteiger partial charge in [-0.05, 0) is 43.2 Å². The van der Waals surface area contributed by atoms with Gasteiger partial charge in [-0.3, -0.25) is 9.48 Å². The zero-order valence-corrected chi connectivity index (χ0v) is 22.8. The highest BCUT2D eigenvalue weighted by atomic mass is 16.1. The molecule has 0 bridgehead atoms. The van der Waals surface area contributed by atoms with Crippen LogP contribution in [-0.2, 0) is 7.05 Å². The fourth-order valence-electron chi connectivity index (χ4n) is 4.85. The second-order valence-electron chi connectivity index (χ2n) is 9.82. The van der Waals surface area contributed by atoms with E-state index in [1.54, 1.807) is 4.68 Å². The van der Waals surface area contributed by atoms with E-state index < -0.39 is 0 Å². The van der Waals surface area contributed by atoms with Crippen molar-refractivity contribution in [3.05, 3.63) is 64.6 Å². The van der Waals surface area contributed by atoms with Crippen molar-refractivity contribution in [2.24, 2.45) is 12.0 Å². The molecule has 3 aromatic rings. The Balaban J connectivity index is 0.00000115. The van der Waals surface area contributed by atoms with Crippen molar-refractivity contribution in [3.8, 4) is 11.1 Å². The van der Waals surface area contributed by atoms with Gasteiger partial charge in [0.1, 0.15) is 5.82 Å². The molecule has 2 heterocycles. The van der Waals surface area contributed by atoms with Crippen molar-refractivity contribution >= 4 is 17.0 Å². The van der Waals surface area contributed by atoms with Gasteiger partial charge in [0, 0.05) is 54.3 Å². The molecule has 4 rings (SSSR count). The average Bonchev–Trinajstić information content (AvgIpc) is 3.31. The molecule has 1 fully saturated rings. The molecule has 0 spiro atoms. The van der Waals surface area contributed by atoms with Gasteiger partial charge in [0.25, 0.3) is 5.56 Å². The molecule has 0 amide bonds. The Bertz CT molecular complexity index is 1240. The quantitative estimate of drug-likeness (QED) is 0.276. The molecule has 1 aromatic carbocycles. The lowest BCUT2D eigenvalue weighted by molar-refractivity contribution is 0.343.